The number of esters is 1. The van der Waals surface area contributed by atoms with Gasteiger partial charge in [0.1, 0.15) is 0 Å². The molecule has 1 aliphatic heterocycles. The van der Waals surface area contributed by atoms with Crippen molar-refractivity contribution in [3.8, 4) is 0 Å². The molecule has 0 saturated carbocycles. The Morgan fingerprint density at radius 3 is 2.54 bits per heavy atom. The van der Waals surface area contributed by atoms with Gasteiger partial charge in [0.2, 0.25) is 0 Å². The van der Waals surface area contributed by atoms with Gasteiger partial charge in [0.25, 0.3) is 5.91 Å². The molecule has 2 aromatic rings. The molecule has 2 aromatic carbocycles. The highest BCUT2D eigenvalue weighted by Crippen LogP contribution is 2.19. The Kier molecular flexibility index (Phi) is 6.09. The summed E-state index contributed by atoms with van der Waals surface area (Å²) in [6.45, 7) is 2.78. The zero-order valence-corrected chi connectivity index (χ0v) is 14.9. The first kappa shape index (κ1) is 18.2. The highest BCUT2D eigenvalue weighted by molar-refractivity contribution is 6.30. The van der Waals surface area contributed by atoms with Crippen LogP contribution < -0.4 is 10.2 Å². The molecule has 1 aliphatic rings. The molecule has 1 saturated heterocycles. The lowest BCUT2D eigenvalue weighted by molar-refractivity contribution is -0.119. The fourth-order valence-corrected chi connectivity index (χ4v) is 2.79. The van der Waals surface area contributed by atoms with E-state index in [1.165, 1.54) is 6.07 Å². The second-order valence-corrected chi connectivity index (χ2v) is 6.22. The summed E-state index contributed by atoms with van der Waals surface area (Å²) in [6.07, 6.45) is 0. The average Bonchev–Trinajstić information content (AvgIpc) is 2.67. The maximum atomic E-state index is 12.0. The van der Waals surface area contributed by atoms with Crippen LogP contribution in [-0.4, -0.2) is 44.8 Å². The number of ether oxygens (including phenoxy) is 2. The molecule has 1 N–H and O–H groups in total. The van der Waals surface area contributed by atoms with E-state index in [4.69, 9.17) is 21.1 Å². The average molecular weight is 375 g/mol. The van der Waals surface area contributed by atoms with E-state index in [0.29, 0.717) is 16.3 Å². The van der Waals surface area contributed by atoms with Crippen molar-refractivity contribution in [2.75, 3.05) is 43.1 Å². The van der Waals surface area contributed by atoms with Crippen molar-refractivity contribution in [2.24, 2.45) is 0 Å². The minimum absolute atomic E-state index is 0.306. The van der Waals surface area contributed by atoms with Crippen LogP contribution in [0.2, 0.25) is 5.02 Å². The van der Waals surface area contributed by atoms with Gasteiger partial charge in [-0.1, -0.05) is 17.7 Å². The van der Waals surface area contributed by atoms with Crippen LogP contribution in [0.3, 0.4) is 0 Å². The van der Waals surface area contributed by atoms with Crippen LogP contribution in [-0.2, 0) is 14.3 Å². The van der Waals surface area contributed by atoms with Crippen molar-refractivity contribution in [3.63, 3.8) is 0 Å². The topological polar surface area (TPSA) is 67.9 Å². The SMILES string of the molecule is O=C(COC(=O)c1cccc(Cl)c1)Nc1ccc(N2CCOCC2)cc1. The number of hydrogen-bond donors (Lipinski definition) is 1. The van der Waals surface area contributed by atoms with E-state index in [2.05, 4.69) is 10.2 Å². The van der Waals surface area contributed by atoms with E-state index in [9.17, 15) is 9.59 Å². The Balaban J connectivity index is 1.49. The van der Waals surface area contributed by atoms with Gasteiger partial charge >= 0.3 is 5.97 Å². The number of carbonyl (C=O) groups is 2. The molecule has 3 rings (SSSR count). The second-order valence-electron chi connectivity index (χ2n) is 5.78. The maximum absolute atomic E-state index is 12.0. The van der Waals surface area contributed by atoms with Crippen molar-refractivity contribution < 1.29 is 19.1 Å². The number of nitrogens with zero attached hydrogens (tertiary/aromatic N) is 1. The highest BCUT2D eigenvalue weighted by atomic mass is 35.5. The van der Waals surface area contributed by atoms with E-state index in [-0.39, 0.29) is 6.61 Å². The van der Waals surface area contributed by atoms with Crippen LogP contribution in [0, 0.1) is 0 Å². The number of nitrogens with one attached hydrogen (secondary N) is 1. The molecule has 0 radical (unpaired) electrons. The van der Waals surface area contributed by atoms with Crippen LogP contribution in [0.25, 0.3) is 0 Å². The minimum atomic E-state index is -0.592. The molecule has 26 heavy (non-hydrogen) atoms. The van der Waals surface area contributed by atoms with Gasteiger partial charge in [-0.15, -0.1) is 0 Å². The Morgan fingerprint density at radius 1 is 1.12 bits per heavy atom. The number of hydrogen-bond acceptors (Lipinski definition) is 5. The Bertz CT molecular complexity index is 773. The Hall–Kier alpha value is -2.57. The van der Waals surface area contributed by atoms with Gasteiger partial charge in [-0.3, -0.25) is 4.79 Å². The van der Waals surface area contributed by atoms with Gasteiger partial charge in [0, 0.05) is 29.5 Å². The first-order valence-corrected chi connectivity index (χ1v) is 8.65. The zero-order chi connectivity index (χ0) is 18.4. The predicted octanol–water partition coefficient (Wildman–Crippen LogP) is 2.97. The van der Waals surface area contributed by atoms with E-state index in [0.717, 1.165) is 32.0 Å². The van der Waals surface area contributed by atoms with Crippen LogP contribution in [0.4, 0.5) is 11.4 Å². The van der Waals surface area contributed by atoms with Gasteiger partial charge in [-0.05, 0) is 42.5 Å². The lowest BCUT2D eigenvalue weighted by Gasteiger charge is -2.28. The third-order valence-corrected chi connectivity index (χ3v) is 4.16. The molecule has 0 aromatic heterocycles. The van der Waals surface area contributed by atoms with Gasteiger partial charge < -0.3 is 19.7 Å². The molecule has 1 heterocycles. The summed E-state index contributed by atoms with van der Waals surface area (Å²) in [5.41, 5.74) is 2.03. The van der Waals surface area contributed by atoms with Gasteiger partial charge in [-0.25, -0.2) is 4.79 Å². The smallest absolute Gasteiger partial charge is 0.338 e. The molecule has 7 heteroatoms. The lowest BCUT2D eigenvalue weighted by atomic mass is 10.2. The number of halogens is 1. The van der Waals surface area contributed by atoms with E-state index in [1.54, 1.807) is 18.2 Å². The fraction of sp³-hybridized carbons (Fsp3) is 0.263. The van der Waals surface area contributed by atoms with Gasteiger partial charge in [0.15, 0.2) is 6.61 Å². The summed E-state index contributed by atoms with van der Waals surface area (Å²) in [5, 5.41) is 3.14. The van der Waals surface area contributed by atoms with Gasteiger partial charge in [0.05, 0.1) is 18.8 Å². The summed E-state index contributed by atoms with van der Waals surface area (Å²) in [7, 11) is 0. The standard InChI is InChI=1S/C19H19ClN2O4/c20-15-3-1-2-14(12-15)19(24)26-13-18(23)21-16-4-6-17(7-5-16)22-8-10-25-11-9-22/h1-7,12H,8-11,13H2,(H,21,23). The number of benzene rings is 2. The van der Waals surface area contributed by atoms with E-state index < -0.39 is 11.9 Å². The van der Waals surface area contributed by atoms with Crippen LogP contribution in [0.1, 0.15) is 10.4 Å². The van der Waals surface area contributed by atoms with Crippen molar-refractivity contribution >= 4 is 34.9 Å². The molecule has 6 nitrogen and oxygen atoms in total. The normalized spacial score (nSPS) is 14.0. The third kappa shape index (κ3) is 4.97. The summed E-state index contributed by atoms with van der Waals surface area (Å²) in [4.78, 5) is 26.1. The first-order valence-electron chi connectivity index (χ1n) is 8.27. The summed E-state index contributed by atoms with van der Waals surface area (Å²) >= 11 is 5.83. The Labute approximate surface area is 156 Å². The van der Waals surface area contributed by atoms with Crippen molar-refractivity contribution in [3.05, 3.63) is 59.1 Å². The monoisotopic (exact) mass is 374 g/mol. The second kappa shape index (κ2) is 8.69. The molecule has 1 fully saturated rings. The van der Waals surface area contributed by atoms with Gasteiger partial charge in [-0.2, -0.15) is 0 Å². The predicted molar refractivity (Wildman–Crippen MR) is 99.8 cm³/mol. The van der Waals surface area contributed by atoms with E-state index in [1.807, 2.05) is 24.3 Å². The molecule has 0 unspecified atom stereocenters. The molecular formula is C19H19ClN2O4. The number of carbonyl (C=O) groups excluding carboxylic acids is 2. The highest BCUT2D eigenvalue weighted by Gasteiger charge is 2.13. The maximum Gasteiger partial charge on any atom is 0.338 e. The molecule has 0 aliphatic carbocycles. The van der Waals surface area contributed by atoms with Crippen LogP contribution in [0.5, 0.6) is 0 Å². The molecule has 0 bridgehead atoms. The quantitative estimate of drug-likeness (QED) is 0.815. The number of morpholine rings is 1. The number of anilines is 2. The lowest BCUT2D eigenvalue weighted by Crippen LogP contribution is -2.36. The summed E-state index contributed by atoms with van der Waals surface area (Å²) < 4.78 is 10.3. The third-order valence-electron chi connectivity index (χ3n) is 3.92. The summed E-state index contributed by atoms with van der Waals surface area (Å²) in [5.74, 6) is -0.996. The van der Waals surface area contributed by atoms with Crippen molar-refractivity contribution in [2.45, 2.75) is 0 Å². The Morgan fingerprint density at radius 2 is 1.85 bits per heavy atom. The largest absolute Gasteiger partial charge is 0.452 e. The van der Waals surface area contributed by atoms with Crippen LogP contribution in [0.15, 0.2) is 48.5 Å². The minimum Gasteiger partial charge on any atom is -0.452 e. The molecule has 136 valence electrons. The van der Waals surface area contributed by atoms with E-state index >= 15 is 0 Å². The van der Waals surface area contributed by atoms with Crippen molar-refractivity contribution in [1.29, 1.82) is 0 Å². The molecular weight excluding hydrogens is 356 g/mol. The molecule has 1 amide bonds. The summed E-state index contributed by atoms with van der Waals surface area (Å²) in [6, 6.07) is 13.9. The first-order chi connectivity index (χ1) is 12.6. The molecule has 0 atom stereocenters. The number of rotatable bonds is 5. The molecule has 0 spiro atoms. The van der Waals surface area contributed by atoms with Crippen molar-refractivity contribution in [1.82, 2.24) is 0 Å². The fourth-order valence-electron chi connectivity index (χ4n) is 2.60. The number of amides is 1. The zero-order valence-electron chi connectivity index (χ0n) is 14.1. The van der Waals surface area contributed by atoms with Crippen LogP contribution >= 0.6 is 11.6 Å².